The normalized spacial score (nSPS) is 16.8. The number of nitrogens with one attached hydrogen (secondary N) is 2. The Balaban J connectivity index is 1.59. The summed E-state index contributed by atoms with van der Waals surface area (Å²) < 4.78 is 27.7. The van der Waals surface area contributed by atoms with E-state index in [9.17, 15) is 18.0 Å². The van der Waals surface area contributed by atoms with Gasteiger partial charge in [0.15, 0.2) is 0 Å². The van der Waals surface area contributed by atoms with E-state index in [-0.39, 0.29) is 23.3 Å². The van der Waals surface area contributed by atoms with Crippen LogP contribution in [-0.2, 0) is 10.0 Å². The molecular formula is C21H26N4O4S. The molecular weight excluding hydrogens is 404 g/mol. The first-order valence-electron chi connectivity index (χ1n) is 9.77. The van der Waals surface area contributed by atoms with Gasteiger partial charge in [0.25, 0.3) is 5.91 Å². The van der Waals surface area contributed by atoms with Crippen LogP contribution in [0.1, 0.15) is 28.8 Å². The van der Waals surface area contributed by atoms with Gasteiger partial charge in [-0.25, -0.2) is 17.9 Å². The number of piperidine rings is 1. The third kappa shape index (κ3) is 5.58. The van der Waals surface area contributed by atoms with E-state index in [1.807, 2.05) is 6.92 Å². The lowest BCUT2D eigenvalue weighted by atomic mass is 9.97. The predicted octanol–water partition coefficient (Wildman–Crippen LogP) is 2.32. The van der Waals surface area contributed by atoms with Crippen LogP contribution in [0.15, 0.2) is 53.4 Å². The van der Waals surface area contributed by atoms with E-state index in [1.54, 1.807) is 53.4 Å². The Morgan fingerprint density at radius 2 is 1.77 bits per heavy atom. The van der Waals surface area contributed by atoms with Crippen LogP contribution in [0.4, 0.5) is 10.5 Å². The van der Waals surface area contributed by atoms with E-state index >= 15 is 0 Å². The Kier molecular flexibility index (Phi) is 6.73. The molecule has 1 saturated heterocycles. The van der Waals surface area contributed by atoms with Gasteiger partial charge in [0, 0.05) is 30.9 Å². The van der Waals surface area contributed by atoms with Gasteiger partial charge >= 0.3 is 6.03 Å². The Bertz CT molecular complexity index is 1000. The molecule has 1 fully saturated rings. The van der Waals surface area contributed by atoms with E-state index in [0.29, 0.717) is 24.3 Å². The molecule has 2 aromatic rings. The maximum atomic E-state index is 12.8. The molecule has 3 rings (SSSR count). The quantitative estimate of drug-likeness (QED) is 0.651. The Morgan fingerprint density at radius 1 is 1.10 bits per heavy atom. The lowest BCUT2D eigenvalue weighted by Gasteiger charge is -2.33. The number of benzene rings is 2. The number of carbonyl (C=O) groups is 2. The summed E-state index contributed by atoms with van der Waals surface area (Å²) in [6.07, 6.45) is 1.66. The Labute approximate surface area is 176 Å². The van der Waals surface area contributed by atoms with Crippen LogP contribution in [0.2, 0.25) is 0 Å². The number of nitrogens with zero attached hydrogens (tertiary/aromatic N) is 1. The molecule has 0 spiro atoms. The molecule has 9 heteroatoms. The fourth-order valence-electron chi connectivity index (χ4n) is 3.47. The molecule has 0 saturated carbocycles. The van der Waals surface area contributed by atoms with Crippen LogP contribution >= 0.6 is 0 Å². The van der Waals surface area contributed by atoms with Crippen molar-refractivity contribution in [2.75, 3.05) is 25.0 Å². The van der Waals surface area contributed by atoms with E-state index in [1.165, 1.54) is 0 Å². The van der Waals surface area contributed by atoms with Crippen molar-refractivity contribution >= 4 is 27.6 Å². The van der Waals surface area contributed by atoms with Crippen LogP contribution in [-0.4, -0.2) is 44.9 Å². The number of sulfonamides is 1. The van der Waals surface area contributed by atoms with Crippen molar-refractivity contribution in [2.24, 2.45) is 11.7 Å². The monoisotopic (exact) mass is 430 g/mol. The van der Waals surface area contributed by atoms with Gasteiger partial charge in [0.05, 0.1) is 4.90 Å². The van der Waals surface area contributed by atoms with Crippen molar-refractivity contribution in [1.82, 2.24) is 9.62 Å². The van der Waals surface area contributed by atoms with Crippen LogP contribution < -0.4 is 15.8 Å². The molecule has 1 atom stereocenters. The highest BCUT2D eigenvalue weighted by atomic mass is 32.2. The van der Waals surface area contributed by atoms with Gasteiger partial charge in [-0.2, -0.15) is 0 Å². The number of hydrogen-bond acceptors (Lipinski definition) is 4. The van der Waals surface area contributed by atoms with Gasteiger partial charge in [-0.15, -0.1) is 0 Å². The number of urea groups is 1. The summed E-state index contributed by atoms with van der Waals surface area (Å²) in [5, 5.41) is 2.45. The number of carbonyl (C=O) groups excluding carboxylic acids is 2. The van der Waals surface area contributed by atoms with Crippen molar-refractivity contribution in [3.8, 4) is 0 Å². The topological polar surface area (TPSA) is 122 Å². The standard InChI is InChI=1S/C21H26N4O4S/c1-15-4-10-19(11-5-15)30(28,29)23-13-16-3-2-12-25(14-16)20(26)17-6-8-18(9-7-17)24-21(22)27/h4-11,16,23H,2-3,12-14H2,1H3,(H3,22,24,27). The number of rotatable bonds is 6. The molecule has 160 valence electrons. The molecule has 1 aliphatic heterocycles. The zero-order valence-electron chi connectivity index (χ0n) is 16.8. The molecule has 2 aromatic carbocycles. The number of anilines is 1. The number of hydrogen-bond donors (Lipinski definition) is 3. The first kappa shape index (κ1) is 21.8. The third-order valence-electron chi connectivity index (χ3n) is 5.10. The molecule has 0 aromatic heterocycles. The molecule has 0 bridgehead atoms. The molecule has 1 unspecified atom stereocenters. The summed E-state index contributed by atoms with van der Waals surface area (Å²) in [5.74, 6) is -0.0783. The summed E-state index contributed by atoms with van der Waals surface area (Å²) >= 11 is 0. The molecule has 4 N–H and O–H groups in total. The second-order valence-corrected chi connectivity index (χ2v) is 9.26. The van der Waals surface area contributed by atoms with Crippen LogP contribution in [0, 0.1) is 12.8 Å². The smallest absolute Gasteiger partial charge is 0.316 e. The Morgan fingerprint density at radius 3 is 2.40 bits per heavy atom. The summed E-state index contributed by atoms with van der Waals surface area (Å²) in [7, 11) is -3.58. The van der Waals surface area contributed by atoms with Crippen molar-refractivity contribution in [1.29, 1.82) is 0 Å². The van der Waals surface area contributed by atoms with E-state index in [4.69, 9.17) is 5.73 Å². The number of aryl methyl sites for hydroxylation is 1. The number of amides is 3. The third-order valence-corrected chi connectivity index (χ3v) is 6.54. The van der Waals surface area contributed by atoms with E-state index < -0.39 is 16.1 Å². The minimum absolute atomic E-state index is 0.0405. The second-order valence-electron chi connectivity index (χ2n) is 7.49. The molecule has 30 heavy (non-hydrogen) atoms. The molecule has 1 heterocycles. The zero-order chi connectivity index (χ0) is 21.7. The van der Waals surface area contributed by atoms with Gasteiger partial charge in [-0.1, -0.05) is 17.7 Å². The zero-order valence-corrected chi connectivity index (χ0v) is 17.6. The fourth-order valence-corrected chi connectivity index (χ4v) is 4.58. The second kappa shape index (κ2) is 9.27. The predicted molar refractivity (Wildman–Crippen MR) is 115 cm³/mol. The summed E-state index contributed by atoms with van der Waals surface area (Å²) in [6.45, 7) is 3.29. The van der Waals surface area contributed by atoms with Crippen LogP contribution in [0.25, 0.3) is 0 Å². The van der Waals surface area contributed by atoms with Crippen molar-refractivity contribution < 1.29 is 18.0 Å². The van der Waals surface area contributed by atoms with E-state index in [2.05, 4.69) is 10.0 Å². The summed E-state index contributed by atoms with van der Waals surface area (Å²) in [6, 6.07) is 12.6. The van der Waals surface area contributed by atoms with Crippen molar-refractivity contribution in [3.05, 3.63) is 59.7 Å². The van der Waals surface area contributed by atoms with Gasteiger partial charge in [-0.3, -0.25) is 4.79 Å². The van der Waals surface area contributed by atoms with Crippen LogP contribution in [0.3, 0.4) is 0 Å². The average Bonchev–Trinajstić information content (AvgIpc) is 2.72. The SMILES string of the molecule is Cc1ccc(S(=O)(=O)NCC2CCCN(C(=O)c3ccc(NC(N)=O)cc3)C2)cc1. The highest BCUT2D eigenvalue weighted by Crippen LogP contribution is 2.20. The highest BCUT2D eigenvalue weighted by Gasteiger charge is 2.26. The molecule has 0 aliphatic carbocycles. The average molecular weight is 431 g/mol. The molecule has 8 nitrogen and oxygen atoms in total. The first-order chi connectivity index (χ1) is 14.2. The maximum absolute atomic E-state index is 12.8. The van der Waals surface area contributed by atoms with Crippen LogP contribution in [0.5, 0.6) is 0 Å². The lowest BCUT2D eigenvalue weighted by Crippen LogP contribution is -2.43. The summed E-state index contributed by atoms with van der Waals surface area (Å²) in [4.78, 5) is 25.7. The van der Waals surface area contributed by atoms with Gasteiger partial charge in [0.2, 0.25) is 10.0 Å². The highest BCUT2D eigenvalue weighted by molar-refractivity contribution is 7.89. The minimum Gasteiger partial charge on any atom is -0.351 e. The van der Waals surface area contributed by atoms with Crippen molar-refractivity contribution in [2.45, 2.75) is 24.7 Å². The van der Waals surface area contributed by atoms with Crippen molar-refractivity contribution in [3.63, 3.8) is 0 Å². The minimum atomic E-state index is -3.58. The van der Waals surface area contributed by atoms with Gasteiger partial charge < -0.3 is 16.0 Å². The molecule has 1 aliphatic rings. The largest absolute Gasteiger partial charge is 0.351 e. The lowest BCUT2D eigenvalue weighted by molar-refractivity contribution is 0.0676. The van der Waals surface area contributed by atoms with Gasteiger partial charge in [-0.05, 0) is 62.1 Å². The fraction of sp³-hybridized carbons (Fsp3) is 0.333. The Hall–Kier alpha value is -2.91. The molecule has 3 amide bonds. The van der Waals surface area contributed by atoms with Gasteiger partial charge in [0.1, 0.15) is 0 Å². The number of primary amides is 1. The summed E-state index contributed by atoms with van der Waals surface area (Å²) in [5.41, 5.74) is 7.10. The molecule has 0 radical (unpaired) electrons. The van der Waals surface area contributed by atoms with E-state index in [0.717, 1.165) is 18.4 Å². The number of nitrogens with two attached hydrogens (primary N) is 1. The first-order valence-corrected chi connectivity index (χ1v) is 11.2. The maximum Gasteiger partial charge on any atom is 0.316 e. The number of likely N-dealkylation sites (tertiary alicyclic amines) is 1.